The molecule has 0 unspecified atom stereocenters. The standard InChI is InChI=1S/C22H27NO4/c1-25-20-13-18(14-21(26-2)22(20)27-3)19(24)10-12-23-11-9-17(15-23)16-7-5-4-6-8-16/h4-8,13-14,17H,9-12,15H2,1-3H3/t17-/m0/s1. The van der Waals surface area contributed by atoms with Gasteiger partial charge in [0.2, 0.25) is 5.75 Å². The van der Waals surface area contributed by atoms with Gasteiger partial charge in [0.25, 0.3) is 0 Å². The van der Waals surface area contributed by atoms with Crippen molar-refractivity contribution in [1.29, 1.82) is 0 Å². The Hall–Kier alpha value is -2.53. The van der Waals surface area contributed by atoms with Gasteiger partial charge in [-0.05, 0) is 36.6 Å². The first-order chi connectivity index (χ1) is 13.2. The number of ether oxygens (including phenoxy) is 3. The summed E-state index contributed by atoms with van der Waals surface area (Å²) >= 11 is 0. The third-order valence-electron chi connectivity index (χ3n) is 5.19. The molecule has 1 fully saturated rings. The van der Waals surface area contributed by atoms with E-state index in [1.807, 2.05) is 6.07 Å². The monoisotopic (exact) mass is 369 g/mol. The first kappa shape index (κ1) is 19.2. The van der Waals surface area contributed by atoms with E-state index in [2.05, 4.69) is 29.2 Å². The molecular weight excluding hydrogens is 342 g/mol. The van der Waals surface area contributed by atoms with Gasteiger partial charge in [-0.25, -0.2) is 0 Å². The van der Waals surface area contributed by atoms with Crippen molar-refractivity contribution in [2.75, 3.05) is 41.0 Å². The molecule has 0 amide bonds. The van der Waals surface area contributed by atoms with E-state index in [0.717, 1.165) is 26.1 Å². The third-order valence-corrected chi connectivity index (χ3v) is 5.19. The van der Waals surface area contributed by atoms with E-state index in [0.29, 0.717) is 35.2 Å². The van der Waals surface area contributed by atoms with Crippen LogP contribution >= 0.6 is 0 Å². The van der Waals surface area contributed by atoms with Crippen LogP contribution in [0.2, 0.25) is 0 Å². The summed E-state index contributed by atoms with van der Waals surface area (Å²) in [5, 5.41) is 0. The van der Waals surface area contributed by atoms with Gasteiger partial charge in [-0.2, -0.15) is 0 Å². The quantitative estimate of drug-likeness (QED) is 0.663. The molecule has 0 radical (unpaired) electrons. The third kappa shape index (κ3) is 4.42. The number of Topliss-reactive ketones (excluding diaryl/α,β-unsaturated/α-hetero) is 1. The molecule has 144 valence electrons. The van der Waals surface area contributed by atoms with Crippen LogP contribution in [0.4, 0.5) is 0 Å². The highest BCUT2D eigenvalue weighted by Gasteiger charge is 2.24. The molecule has 1 heterocycles. The molecule has 1 atom stereocenters. The number of carbonyl (C=O) groups is 1. The Labute approximate surface area is 160 Å². The number of likely N-dealkylation sites (tertiary alicyclic amines) is 1. The lowest BCUT2D eigenvalue weighted by Gasteiger charge is -2.17. The fraction of sp³-hybridized carbons (Fsp3) is 0.409. The largest absolute Gasteiger partial charge is 0.493 e. The van der Waals surface area contributed by atoms with E-state index in [1.54, 1.807) is 33.5 Å². The van der Waals surface area contributed by atoms with E-state index in [1.165, 1.54) is 5.56 Å². The molecule has 2 aromatic rings. The zero-order valence-corrected chi connectivity index (χ0v) is 16.2. The maximum atomic E-state index is 12.7. The van der Waals surface area contributed by atoms with Gasteiger partial charge in [-0.3, -0.25) is 4.79 Å². The van der Waals surface area contributed by atoms with E-state index >= 15 is 0 Å². The molecule has 1 saturated heterocycles. The average Bonchev–Trinajstić information content (AvgIpc) is 3.20. The summed E-state index contributed by atoms with van der Waals surface area (Å²) in [5.41, 5.74) is 1.97. The number of benzene rings is 2. The average molecular weight is 369 g/mol. The van der Waals surface area contributed by atoms with Gasteiger partial charge in [0.15, 0.2) is 17.3 Å². The number of hydrogen-bond acceptors (Lipinski definition) is 5. The second kappa shape index (κ2) is 8.91. The Morgan fingerprint density at radius 3 is 2.30 bits per heavy atom. The van der Waals surface area contributed by atoms with Gasteiger partial charge in [0, 0.05) is 25.1 Å². The Kier molecular flexibility index (Phi) is 6.35. The first-order valence-electron chi connectivity index (χ1n) is 9.26. The first-order valence-corrected chi connectivity index (χ1v) is 9.26. The summed E-state index contributed by atoms with van der Waals surface area (Å²) in [6.45, 7) is 2.80. The number of rotatable bonds is 8. The number of methoxy groups -OCH3 is 3. The molecular formula is C22H27NO4. The lowest BCUT2D eigenvalue weighted by atomic mass is 9.99. The Morgan fingerprint density at radius 2 is 1.70 bits per heavy atom. The summed E-state index contributed by atoms with van der Waals surface area (Å²) in [6, 6.07) is 14.1. The van der Waals surface area contributed by atoms with Crippen molar-refractivity contribution in [3.63, 3.8) is 0 Å². The van der Waals surface area contributed by atoms with Crippen LogP contribution in [0.3, 0.4) is 0 Å². The predicted octanol–water partition coefficient (Wildman–Crippen LogP) is 3.77. The van der Waals surface area contributed by atoms with Crippen molar-refractivity contribution < 1.29 is 19.0 Å². The van der Waals surface area contributed by atoms with Gasteiger partial charge >= 0.3 is 0 Å². The van der Waals surface area contributed by atoms with Crippen molar-refractivity contribution in [3.05, 3.63) is 53.6 Å². The van der Waals surface area contributed by atoms with Crippen LogP contribution < -0.4 is 14.2 Å². The minimum Gasteiger partial charge on any atom is -0.493 e. The van der Waals surface area contributed by atoms with Crippen molar-refractivity contribution in [2.45, 2.75) is 18.8 Å². The molecule has 3 rings (SSSR count). The van der Waals surface area contributed by atoms with Crippen molar-refractivity contribution in [2.24, 2.45) is 0 Å². The summed E-state index contributed by atoms with van der Waals surface area (Å²) < 4.78 is 16.0. The molecule has 1 aliphatic heterocycles. The van der Waals surface area contributed by atoms with Crippen LogP contribution in [0.15, 0.2) is 42.5 Å². The van der Waals surface area contributed by atoms with Gasteiger partial charge in [-0.1, -0.05) is 30.3 Å². The molecule has 0 aliphatic carbocycles. The fourth-order valence-electron chi connectivity index (χ4n) is 3.68. The smallest absolute Gasteiger partial charge is 0.203 e. The molecule has 0 bridgehead atoms. The molecule has 0 spiro atoms. The molecule has 0 aromatic heterocycles. The lowest BCUT2D eigenvalue weighted by Crippen LogP contribution is -2.23. The molecule has 5 heteroatoms. The highest BCUT2D eigenvalue weighted by Crippen LogP contribution is 2.38. The molecule has 5 nitrogen and oxygen atoms in total. The van der Waals surface area contributed by atoms with Crippen molar-refractivity contribution >= 4 is 5.78 Å². The van der Waals surface area contributed by atoms with Gasteiger partial charge in [0.05, 0.1) is 21.3 Å². The number of nitrogens with zero attached hydrogens (tertiary/aromatic N) is 1. The van der Waals surface area contributed by atoms with Crippen molar-refractivity contribution in [1.82, 2.24) is 4.90 Å². The van der Waals surface area contributed by atoms with Crippen LogP contribution in [0.5, 0.6) is 17.2 Å². The molecule has 2 aromatic carbocycles. The SMILES string of the molecule is COc1cc(C(=O)CCN2CC[C@H](c3ccccc3)C2)cc(OC)c1OC. The molecule has 1 aliphatic rings. The van der Waals surface area contributed by atoms with Crippen LogP contribution in [0.25, 0.3) is 0 Å². The molecule has 0 N–H and O–H groups in total. The Bertz CT molecular complexity index is 750. The van der Waals surface area contributed by atoms with E-state index < -0.39 is 0 Å². The minimum absolute atomic E-state index is 0.0809. The van der Waals surface area contributed by atoms with Gasteiger partial charge < -0.3 is 19.1 Å². The topological polar surface area (TPSA) is 48.0 Å². The maximum absolute atomic E-state index is 12.7. The number of hydrogen-bond donors (Lipinski definition) is 0. The highest BCUT2D eigenvalue weighted by atomic mass is 16.5. The summed E-state index contributed by atoms with van der Waals surface area (Å²) in [7, 11) is 4.66. The highest BCUT2D eigenvalue weighted by molar-refractivity contribution is 5.97. The maximum Gasteiger partial charge on any atom is 0.203 e. The Balaban J connectivity index is 1.61. The number of ketones is 1. The molecule has 0 saturated carbocycles. The van der Waals surface area contributed by atoms with Crippen LogP contribution in [0, 0.1) is 0 Å². The zero-order chi connectivity index (χ0) is 19.2. The normalized spacial score (nSPS) is 16.9. The zero-order valence-electron chi connectivity index (χ0n) is 16.2. The number of carbonyl (C=O) groups excluding carboxylic acids is 1. The second-order valence-corrected chi connectivity index (χ2v) is 6.78. The lowest BCUT2D eigenvalue weighted by molar-refractivity contribution is 0.0968. The van der Waals surface area contributed by atoms with Crippen LogP contribution in [-0.4, -0.2) is 51.6 Å². The van der Waals surface area contributed by atoms with Crippen molar-refractivity contribution in [3.8, 4) is 17.2 Å². The second-order valence-electron chi connectivity index (χ2n) is 6.78. The van der Waals surface area contributed by atoms with E-state index in [-0.39, 0.29) is 5.78 Å². The minimum atomic E-state index is 0.0809. The fourth-order valence-corrected chi connectivity index (χ4v) is 3.68. The summed E-state index contributed by atoms with van der Waals surface area (Å²) in [4.78, 5) is 15.1. The van der Waals surface area contributed by atoms with Gasteiger partial charge in [0.1, 0.15) is 0 Å². The van der Waals surface area contributed by atoms with E-state index in [9.17, 15) is 4.79 Å². The Morgan fingerprint density at radius 1 is 1.04 bits per heavy atom. The van der Waals surface area contributed by atoms with E-state index in [4.69, 9.17) is 14.2 Å². The summed E-state index contributed by atoms with van der Waals surface area (Å²) in [5.74, 6) is 2.15. The van der Waals surface area contributed by atoms with Gasteiger partial charge in [-0.15, -0.1) is 0 Å². The summed E-state index contributed by atoms with van der Waals surface area (Å²) in [6.07, 6.45) is 1.61. The van der Waals surface area contributed by atoms with Crippen LogP contribution in [0.1, 0.15) is 34.7 Å². The molecule has 27 heavy (non-hydrogen) atoms. The predicted molar refractivity (Wildman–Crippen MR) is 105 cm³/mol. The van der Waals surface area contributed by atoms with Crippen LogP contribution in [-0.2, 0) is 0 Å².